The monoisotopic (exact) mass is 405 g/mol. The van der Waals surface area contributed by atoms with Crippen molar-refractivity contribution in [2.75, 3.05) is 33.3 Å². The Balaban J connectivity index is 1.68. The summed E-state index contributed by atoms with van der Waals surface area (Å²) in [6.07, 6.45) is 3.33. The highest BCUT2D eigenvalue weighted by atomic mass is 16.5. The summed E-state index contributed by atoms with van der Waals surface area (Å²) in [6.45, 7) is 0.576. The van der Waals surface area contributed by atoms with Crippen LogP contribution >= 0.6 is 0 Å². The molecule has 2 aromatic heterocycles. The lowest BCUT2D eigenvalue weighted by Crippen LogP contribution is -2.12. The molecule has 0 bridgehead atoms. The van der Waals surface area contributed by atoms with Crippen LogP contribution in [0.15, 0.2) is 55.1 Å². The van der Waals surface area contributed by atoms with E-state index in [-0.39, 0.29) is 0 Å². The molecule has 0 saturated heterocycles. The highest BCUT2D eigenvalue weighted by Gasteiger charge is 2.15. The third-order valence-corrected chi connectivity index (χ3v) is 4.92. The van der Waals surface area contributed by atoms with Crippen LogP contribution in [0.2, 0.25) is 0 Å². The lowest BCUT2D eigenvalue weighted by atomic mass is 10.2. The van der Waals surface area contributed by atoms with E-state index in [9.17, 15) is 0 Å². The Hall–Kier alpha value is -3.81. The van der Waals surface area contributed by atoms with Crippen LogP contribution in [-0.2, 0) is 6.54 Å². The van der Waals surface area contributed by atoms with Gasteiger partial charge in [-0.05, 0) is 42.0 Å². The molecule has 30 heavy (non-hydrogen) atoms. The minimum atomic E-state index is 0.576. The number of fused-ring (bicyclic) bond motifs is 1. The quantitative estimate of drug-likeness (QED) is 0.464. The molecule has 0 aliphatic rings. The van der Waals surface area contributed by atoms with Crippen LogP contribution in [0.4, 0.5) is 11.5 Å². The van der Waals surface area contributed by atoms with Gasteiger partial charge in [-0.1, -0.05) is 0 Å². The SMILES string of the molecule is COc1ccc(N(C)c2ncnc3c2ncn3Cc2cc(OC)cc(OC)c2)cc1. The molecule has 4 aromatic rings. The van der Waals surface area contributed by atoms with Crippen LogP contribution in [0.3, 0.4) is 0 Å². The minimum absolute atomic E-state index is 0.576. The number of nitrogens with zero attached hydrogens (tertiary/aromatic N) is 5. The van der Waals surface area contributed by atoms with Crippen LogP contribution in [0.1, 0.15) is 5.56 Å². The van der Waals surface area contributed by atoms with Gasteiger partial charge in [-0.25, -0.2) is 15.0 Å². The molecular formula is C22H23N5O3. The summed E-state index contributed by atoms with van der Waals surface area (Å²) >= 11 is 0. The molecule has 0 atom stereocenters. The van der Waals surface area contributed by atoms with E-state index in [4.69, 9.17) is 14.2 Å². The Morgan fingerprint density at radius 3 is 2.13 bits per heavy atom. The smallest absolute Gasteiger partial charge is 0.165 e. The summed E-state index contributed by atoms with van der Waals surface area (Å²) in [5.74, 6) is 3.01. The summed E-state index contributed by atoms with van der Waals surface area (Å²) in [5, 5.41) is 0. The summed E-state index contributed by atoms with van der Waals surface area (Å²) in [6, 6.07) is 13.6. The van der Waals surface area contributed by atoms with Crippen LogP contribution in [0.25, 0.3) is 11.2 Å². The molecule has 0 amide bonds. The fourth-order valence-electron chi connectivity index (χ4n) is 3.31. The Morgan fingerprint density at radius 2 is 1.50 bits per heavy atom. The lowest BCUT2D eigenvalue weighted by molar-refractivity contribution is 0.393. The van der Waals surface area contributed by atoms with Gasteiger partial charge in [-0.2, -0.15) is 0 Å². The predicted octanol–water partition coefficient (Wildman–Crippen LogP) is 3.67. The van der Waals surface area contributed by atoms with Gasteiger partial charge in [0.15, 0.2) is 17.0 Å². The van der Waals surface area contributed by atoms with Crippen molar-refractivity contribution < 1.29 is 14.2 Å². The van der Waals surface area contributed by atoms with E-state index in [1.54, 1.807) is 34.0 Å². The largest absolute Gasteiger partial charge is 0.497 e. The molecule has 8 nitrogen and oxygen atoms in total. The first-order chi connectivity index (χ1) is 14.6. The molecule has 0 fully saturated rings. The van der Waals surface area contributed by atoms with E-state index in [2.05, 4.69) is 15.0 Å². The van der Waals surface area contributed by atoms with Crippen molar-refractivity contribution in [3.8, 4) is 17.2 Å². The fraction of sp³-hybridized carbons (Fsp3) is 0.227. The number of anilines is 2. The predicted molar refractivity (Wildman–Crippen MR) is 115 cm³/mol. The van der Waals surface area contributed by atoms with Crippen molar-refractivity contribution in [1.29, 1.82) is 0 Å². The summed E-state index contributed by atoms with van der Waals surface area (Å²) in [7, 11) is 6.88. The van der Waals surface area contributed by atoms with Gasteiger partial charge in [0.05, 0.1) is 34.2 Å². The maximum atomic E-state index is 5.37. The van der Waals surface area contributed by atoms with E-state index in [0.717, 1.165) is 45.5 Å². The molecule has 8 heteroatoms. The second kappa shape index (κ2) is 8.28. The van der Waals surface area contributed by atoms with Crippen molar-refractivity contribution in [3.05, 3.63) is 60.7 Å². The third-order valence-electron chi connectivity index (χ3n) is 4.92. The van der Waals surface area contributed by atoms with Crippen molar-refractivity contribution in [1.82, 2.24) is 19.5 Å². The Kier molecular flexibility index (Phi) is 5.38. The molecule has 154 valence electrons. The molecule has 0 unspecified atom stereocenters. The lowest BCUT2D eigenvalue weighted by Gasteiger charge is -2.18. The standard InChI is InChI=1S/C22H23N5O3/c1-26(16-5-7-17(28-2)8-6-16)21-20-22(24-13-23-21)27(14-25-20)12-15-9-18(29-3)11-19(10-15)30-4/h5-11,13-14H,12H2,1-4H3. The number of ether oxygens (including phenoxy) is 3. The van der Waals surface area contributed by atoms with Gasteiger partial charge >= 0.3 is 0 Å². The number of benzene rings is 2. The van der Waals surface area contributed by atoms with Crippen LogP contribution in [-0.4, -0.2) is 47.9 Å². The number of rotatable bonds is 7. The Morgan fingerprint density at radius 1 is 0.833 bits per heavy atom. The van der Waals surface area contributed by atoms with Gasteiger partial charge in [-0.3, -0.25) is 0 Å². The summed E-state index contributed by atoms with van der Waals surface area (Å²) in [5.41, 5.74) is 3.48. The summed E-state index contributed by atoms with van der Waals surface area (Å²) < 4.78 is 18.0. The average molecular weight is 405 g/mol. The Bertz CT molecular complexity index is 1140. The zero-order valence-electron chi connectivity index (χ0n) is 17.4. The van der Waals surface area contributed by atoms with E-state index in [1.165, 1.54) is 0 Å². The topological polar surface area (TPSA) is 74.5 Å². The molecule has 0 spiro atoms. The van der Waals surface area contributed by atoms with Gasteiger partial charge < -0.3 is 23.7 Å². The van der Waals surface area contributed by atoms with Crippen LogP contribution in [0.5, 0.6) is 17.2 Å². The van der Waals surface area contributed by atoms with Crippen LogP contribution < -0.4 is 19.1 Å². The fourth-order valence-corrected chi connectivity index (χ4v) is 3.31. The average Bonchev–Trinajstić information content (AvgIpc) is 3.21. The molecule has 4 rings (SSSR count). The van der Waals surface area contributed by atoms with Crippen molar-refractivity contribution >= 4 is 22.7 Å². The molecule has 0 saturated carbocycles. The maximum Gasteiger partial charge on any atom is 0.165 e. The van der Waals surface area contributed by atoms with E-state index < -0.39 is 0 Å². The van der Waals surface area contributed by atoms with Gasteiger partial charge in [0.25, 0.3) is 0 Å². The molecule has 0 radical (unpaired) electrons. The first kappa shape index (κ1) is 19.5. The number of hydrogen-bond donors (Lipinski definition) is 0. The number of imidazole rings is 1. The summed E-state index contributed by atoms with van der Waals surface area (Å²) in [4.78, 5) is 15.5. The zero-order chi connectivity index (χ0) is 21.1. The molecule has 0 aliphatic heterocycles. The van der Waals surface area contributed by atoms with E-state index in [0.29, 0.717) is 6.54 Å². The molecule has 0 N–H and O–H groups in total. The first-order valence-corrected chi connectivity index (χ1v) is 9.38. The highest BCUT2D eigenvalue weighted by molar-refractivity contribution is 5.86. The minimum Gasteiger partial charge on any atom is -0.497 e. The Labute approximate surface area is 174 Å². The van der Waals surface area contributed by atoms with E-state index in [1.807, 2.05) is 59.0 Å². The molecular weight excluding hydrogens is 382 g/mol. The van der Waals surface area contributed by atoms with Crippen molar-refractivity contribution in [3.63, 3.8) is 0 Å². The van der Waals surface area contributed by atoms with Gasteiger partial charge in [0, 0.05) is 18.8 Å². The van der Waals surface area contributed by atoms with Gasteiger partial charge in [-0.15, -0.1) is 0 Å². The molecule has 0 aliphatic carbocycles. The van der Waals surface area contributed by atoms with Crippen molar-refractivity contribution in [2.45, 2.75) is 6.54 Å². The van der Waals surface area contributed by atoms with E-state index >= 15 is 0 Å². The second-order valence-corrected chi connectivity index (χ2v) is 6.72. The molecule has 2 aromatic carbocycles. The number of aromatic nitrogens is 4. The molecule has 2 heterocycles. The number of methoxy groups -OCH3 is 3. The third kappa shape index (κ3) is 3.71. The maximum absolute atomic E-state index is 5.37. The first-order valence-electron chi connectivity index (χ1n) is 9.38. The van der Waals surface area contributed by atoms with Crippen LogP contribution in [0, 0.1) is 0 Å². The zero-order valence-corrected chi connectivity index (χ0v) is 17.4. The number of hydrogen-bond acceptors (Lipinski definition) is 7. The van der Waals surface area contributed by atoms with Gasteiger partial charge in [0.1, 0.15) is 23.6 Å². The van der Waals surface area contributed by atoms with Crippen molar-refractivity contribution in [2.24, 2.45) is 0 Å². The second-order valence-electron chi connectivity index (χ2n) is 6.72. The normalized spacial score (nSPS) is 10.8. The van der Waals surface area contributed by atoms with Gasteiger partial charge in [0.2, 0.25) is 0 Å². The highest BCUT2D eigenvalue weighted by Crippen LogP contribution is 2.29.